The standard InChI is InChI=1S/C20H21N3OS2/c1-12-6-3-4-7-14(12)10-21-17(24)11-25-19-18-15-8-5-9-16(15)26-20(18)23-13(2)22-19/h3-4,6-7H,5,8-11H2,1-2H3,(H,21,24). The van der Waals surface area contributed by atoms with Crippen LogP contribution in [0.25, 0.3) is 10.2 Å². The molecular formula is C20H21N3OS2. The average molecular weight is 384 g/mol. The molecule has 0 radical (unpaired) electrons. The van der Waals surface area contributed by atoms with Gasteiger partial charge in [-0.15, -0.1) is 11.3 Å². The lowest BCUT2D eigenvalue weighted by Gasteiger charge is -2.08. The van der Waals surface area contributed by atoms with Gasteiger partial charge in [-0.1, -0.05) is 36.0 Å². The molecule has 134 valence electrons. The van der Waals surface area contributed by atoms with E-state index in [1.54, 1.807) is 11.3 Å². The summed E-state index contributed by atoms with van der Waals surface area (Å²) in [6.07, 6.45) is 3.47. The Morgan fingerprint density at radius 2 is 2.08 bits per heavy atom. The highest BCUT2D eigenvalue weighted by atomic mass is 32.2. The summed E-state index contributed by atoms with van der Waals surface area (Å²) in [5, 5.41) is 5.16. The summed E-state index contributed by atoms with van der Waals surface area (Å²) in [6, 6.07) is 8.13. The number of nitrogens with zero attached hydrogens (tertiary/aromatic N) is 2. The number of amides is 1. The van der Waals surface area contributed by atoms with Crippen LogP contribution in [-0.2, 0) is 24.2 Å². The largest absolute Gasteiger partial charge is 0.351 e. The van der Waals surface area contributed by atoms with Crippen molar-refractivity contribution in [2.24, 2.45) is 0 Å². The van der Waals surface area contributed by atoms with E-state index >= 15 is 0 Å². The summed E-state index contributed by atoms with van der Waals surface area (Å²) in [7, 11) is 0. The maximum Gasteiger partial charge on any atom is 0.230 e. The van der Waals surface area contributed by atoms with Gasteiger partial charge in [0, 0.05) is 16.8 Å². The molecule has 3 aromatic rings. The van der Waals surface area contributed by atoms with Crippen molar-refractivity contribution in [3.05, 3.63) is 51.7 Å². The highest BCUT2D eigenvalue weighted by Crippen LogP contribution is 2.40. The first-order chi connectivity index (χ1) is 12.6. The van der Waals surface area contributed by atoms with Crippen molar-refractivity contribution in [3.8, 4) is 0 Å². The van der Waals surface area contributed by atoms with Crippen molar-refractivity contribution in [3.63, 3.8) is 0 Å². The third kappa shape index (κ3) is 3.48. The van der Waals surface area contributed by atoms with Gasteiger partial charge in [0.15, 0.2) is 0 Å². The number of nitrogens with one attached hydrogen (secondary N) is 1. The average Bonchev–Trinajstić information content (AvgIpc) is 3.19. The summed E-state index contributed by atoms with van der Waals surface area (Å²) in [5.74, 6) is 1.19. The number of fused-ring (bicyclic) bond motifs is 3. The van der Waals surface area contributed by atoms with Gasteiger partial charge in [-0.2, -0.15) is 0 Å². The first kappa shape index (κ1) is 17.5. The fraction of sp³-hybridized carbons (Fsp3) is 0.350. The van der Waals surface area contributed by atoms with Gasteiger partial charge >= 0.3 is 0 Å². The van der Waals surface area contributed by atoms with Gasteiger partial charge in [0.2, 0.25) is 5.91 Å². The number of aryl methyl sites for hydroxylation is 4. The van der Waals surface area contributed by atoms with E-state index in [1.165, 1.54) is 39.6 Å². The van der Waals surface area contributed by atoms with Crippen molar-refractivity contribution < 1.29 is 4.79 Å². The summed E-state index contributed by atoms with van der Waals surface area (Å²) < 4.78 is 0. The molecule has 0 fully saturated rings. The van der Waals surface area contributed by atoms with Crippen molar-refractivity contribution in [1.29, 1.82) is 0 Å². The fourth-order valence-electron chi connectivity index (χ4n) is 3.36. The van der Waals surface area contributed by atoms with Crippen LogP contribution in [0, 0.1) is 13.8 Å². The molecule has 0 bridgehead atoms. The first-order valence-electron chi connectivity index (χ1n) is 8.84. The molecule has 0 saturated carbocycles. The molecule has 0 saturated heterocycles. The second-order valence-electron chi connectivity index (χ2n) is 6.61. The van der Waals surface area contributed by atoms with E-state index in [0.717, 1.165) is 34.1 Å². The van der Waals surface area contributed by atoms with E-state index in [4.69, 9.17) is 0 Å². The van der Waals surface area contributed by atoms with Crippen LogP contribution in [0.3, 0.4) is 0 Å². The summed E-state index contributed by atoms with van der Waals surface area (Å²) in [5.41, 5.74) is 3.76. The number of thioether (sulfide) groups is 1. The Morgan fingerprint density at radius 3 is 2.92 bits per heavy atom. The molecule has 0 atom stereocenters. The van der Waals surface area contributed by atoms with Gasteiger partial charge in [-0.05, 0) is 49.8 Å². The molecule has 1 amide bonds. The molecule has 0 aliphatic heterocycles. The van der Waals surface area contributed by atoms with E-state index < -0.39 is 0 Å². The van der Waals surface area contributed by atoms with Gasteiger partial charge in [-0.25, -0.2) is 9.97 Å². The van der Waals surface area contributed by atoms with E-state index in [-0.39, 0.29) is 5.91 Å². The van der Waals surface area contributed by atoms with Gasteiger partial charge in [0.25, 0.3) is 0 Å². The Hall–Kier alpha value is -1.92. The quantitative estimate of drug-likeness (QED) is 0.530. The number of thiophene rings is 1. The number of carbonyl (C=O) groups excluding carboxylic acids is 1. The molecule has 0 unspecified atom stereocenters. The number of carbonyl (C=O) groups is 1. The SMILES string of the molecule is Cc1nc(SCC(=O)NCc2ccccc2C)c2c3c(sc2n1)CCC3. The van der Waals surface area contributed by atoms with Crippen molar-refractivity contribution in [1.82, 2.24) is 15.3 Å². The maximum atomic E-state index is 12.3. The number of benzene rings is 1. The predicted octanol–water partition coefficient (Wildman–Crippen LogP) is 4.21. The normalized spacial score (nSPS) is 13.2. The van der Waals surface area contributed by atoms with E-state index in [0.29, 0.717) is 12.3 Å². The second kappa shape index (κ2) is 7.37. The topological polar surface area (TPSA) is 54.9 Å². The molecule has 2 heterocycles. The maximum absolute atomic E-state index is 12.3. The fourth-order valence-corrected chi connectivity index (χ4v) is 5.66. The lowest BCUT2D eigenvalue weighted by molar-refractivity contribution is -0.118. The molecule has 1 aliphatic carbocycles. The number of hydrogen-bond acceptors (Lipinski definition) is 5. The number of hydrogen-bond donors (Lipinski definition) is 1. The molecule has 26 heavy (non-hydrogen) atoms. The summed E-state index contributed by atoms with van der Waals surface area (Å²) in [6.45, 7) is 4.55. The Morgan fingerprint density at radius 1 is 1.23 bits per heavy atom. The van der Waals surface area contributed by atoms with Crippen LogP contribution >= 0.6 is 23.1 Å². The van der Waals surface area contributed by atoms with Crippen LogP contribution in [0.1, 0.15) is 33.8 Å². The Labute approximate surface area is 161 Å². The smallest absolute Gasteiger partial charge is 0.230 e. The van der Waals surface area contributed by atoms with Gasteiger partial charge < -0.3 is 5.32 Å². The van der Waals surface area contributed by atoms with Gasteiger partial charge in [-0.3, -0.25) is 4.79 Å². The second-order valence-corrected chi connectivity index (χ2v) is 8.65. The van der Waals surface area contributed by atoms with Crippen molar-refractivity contribution in [2.45, 2.75) is 44.7 Å². The molecule has 4 nitrogen and oxygen atoms in total. The van der Waals surface area contributed by atoms with Gasteiger partial charge in [0.1, 0.15) is 15.7 Å². The lowest BCUT2D eigenvalue weighted by atomic mass is 10.1. The van der Waals surface area contributed by atoms with E-state index in [1.807, 2.05) is 19.1 Å². The molecule has 1 aromatic carbocycles. The van der Waals surface area contributed by atoms with Gasteiger partial charge in [0.05, 0.1) is 5.75 Å². The molecule has 6 heteroatoms. The summed E-state index contributed by atoms with van der Waals surface area (Å²) >= 11 is 3.32. The van der Waals surface area contributed by atoms with Crippen LogP contribution < -0.4 is 5.32 Å². The molecule has 1 aliphatic rings. The minimum Gasteiger partial charge on any atom is -0.351 e. The van der Waals surface area contributed by atoms with Crippen molar-refractivity contribution >= 4 is 39.2 Å². The zero-order valence-corrected chi connectivity index (χ0v) is 16.6. The zero-order chi connectivity index (χ0) is 18.1. The molecule has 0 spiro atoms. The monoisotopic (exact) mass is 383 g/mol. The Kier molecular flexibility index (Phi) is 4.96. The highest BCUT2D eigenvalue weighted by Gasteiger charge is 2.22. The van der Waals surface area contributed by atoms with Crippen LogP contribution in [0.5, 0.6) is 0 Å². The third-order valence-electron chi connectivity index (χ3n) is 4.72. The lowest BCUT2D eigenvalue weighted by Crippen LogP contribution is -2.25. The molecule has 1 N–H and O–H groups in total. The first-order valence-corrected chi connectivity index (χ1v) is 10.6. The minimum absolute atomic E-state index is 0.0366. The predicted molar refractivity (Wildman–Crippen MR) is 108 cm³/mol. The Balaban J connectivity index is 1.46. The van der Waals surface area contributed by atoms with Crippen molar-refractivity contribution in [2.75, 3.05) is 5.75 Å². The molecular weight excluding hydrogens is 362 g/mol. The molecule has 4 rings (SSSR count). The van der Waals surface area contributed by atoms with Crippen LogP contribution in [0.15, 0.2) is 29.3 Å². The van der Waals surface area contributed by atoms with Crippen LogP contribution in [0.2, 0.25) is 0 Å². The molecule has 2 aromatic heterocycles. The Bertz CT molecular complexity index is 981. The van der Waals surface area contributed by atoms with Crippen LogP contribution in [0.4, 0.5) is 0 Å². The van der Waals surface area contributed by atoms with E-state index in [9.17, 15) is 4.79 Å². The minimum atomic E-state index is 0.0366. The number of aromatic nitrogens is 2. The third-order valence-corrected chi connectivity index (χ3v) is 6.88. The van der Waals surface area contributed by atoms with Crippen LogP contribution in [-0.4, -0.2) is 21.6 Å². The number of rotatable bonds is 5. The highest BCUT2D eigenvalue weighted by molar-refractivity contribution is 8.00. The summed E-state index contributed by atoms with van der Waals surface area (Å²) in [4.78, 5) is 24.1. The van der Waals surface area contributed by atoms with E-state index in [2.05, 4.69) is 34.3 Å². The zero-order valence-electron chi connectivity index (χ0n) is 15.0.